The number of amides is 1. The van der Waals surface area contributed by atoms with E-state index in [2.05, 4.69) is 10.5 Å². The molecule has 1 aromatic carbocycles. The fourth-order valence-electron chi connectivity index (χ4n) is 1.09. The maximum atomic E-state index is 12.4. The van der Waals surface area contributed by atoms with Crippen molar-refractivity contribution in [3.05, 3.63) is 35.4 Å². The third-order valence-corrected chi connectivity index (χ3v) is 2.13. The number of carbonyl (C=O) groups excluding carboxylic acids is 1. The van der Waals surface area contributed by atoms with E-state index in [1.807, 2.05) is 0 Å². The zero-order valence-corrected chi connectivity index (χ0v) is 9.95. The van der Waals surface area contributed by atoms with Gasteiger partial charge in [0.1, 0.15) is 0 Å². The monoisotopic (exact) mass is 258 g/mol. The molecule has 0 aromatic heterocycles. The van der Waals surface area contributed by atoms with Gasteiger partial charge >= 0.3 is 6.18 Å². The maximum absolute atomic E-state index is 12.4. The first-order valence-corrected chi connectivity index (χ1v) is 5.31. The topological polar surface area (TPSA) is 41.5 Å². The third kappa shape index (κ3) is 4.20. The van der Waals surface area contributed by atoms with E-state index >= 15 is 0 Å². The standard InChI is InChI=1S/C12H13F3N2O/c1-8(2)11(18)17-16-7-9-4-3-5-10(6-9)12(13,14)15/h3-8H,1-2H3,(H,17,18)/b16-7+. The van der Waals surface area contributed by atoms with Gasteiger partial charge in [-0.25, -0.2) is 5.43 Å². The second-order valence-electron chi connectivity index (χ2n) is 4.01. The second-order valence-corrected chi connectivity index (χ2v) is 4.01. The highest BCUT2D eigenvalue weighted by atomic mass is 19.4. The maximum Gasteiger partial charge on any atom is 0.416 e. The normalized spacial score (nSPS) is 12.1. The van der Waals surface area contributed by atoms with Crippen molar-refractivity contribution >= 4 is 12.1 Å². The van der Waals surface area contributed by atoms with Crippen molar-refractivity contribution < 1.29 is 18.0 Å². The number of hydrogen-bond acceptors (Lipinski definition) is 2. The highest BCUT2D eigenvalue weighted by Crippen LogP contribution is 2.29. The van der Waals surface area contributed by atoms with Crippen LogP contribution in [0.15, 0.2) is 29.4 Å². The van der Waals surface area contributed by atoms with Gasteiger partial charge in [-0.1, -0.05) is 26.0 Å². The van der Waals surface area contributed by atoms with Crippen LogP contribution in [0.25, 0.3) is 0 Å². The molecule has 0 aliphatic carbocycles. The van der Waals surface area contributed by atoms with E-state index in [1.54, 1.807) is 13.8 Å². The molecule has 0 unspecified atom stereocenters. The molecular formula is C12H13F3N2O. The van der Waals surface area contributed by atoms with Crippen molar-refractivity contribution in [3.63, 3.8) is 0 Å². The number of nitrogens with one attached hydrogen (secondary N) is 1. The average molecular weight is 258 g/mol. The Morgan fingerprint density at radius 1 is 1.39 bits per heavy atom. The zero-order chi connectivity index (χ0) is 13.8. The van der Waals surface area contributed by atoms with E-state index in [9.17, 15) is 18.0 Å². The number of rotatable bonds is 3. The number of hydrogen-bond donors (Lipinski definition) is 1. The van der Waals surface area contributed by atoms with Crippen LogP contribution in [0.4, 0.5) is 13.2 Å². The SMILES string of the molecule is CC(C)C(=O)N/N=C/c1cccc(C(F)(F)F)c1. The molecule has 0 bridgehead atoms. The summed E-state index contributed by atoms with van der Waals surface area (Å²) in [5.41, 5.74) is 1.76. The Morgan fingerprint density at radius 3 is 2.61 bits per heavy atom. The lowest BCUT2D eigenvalue weighted by Gasteiger charge is -2.06. The molecular weight excluding hydrogens is 245 g/mol. The predicted octanol–water partition coefficient (Wildman–Crippen LogP) is 2.81. The molecule has 0 fully saturated rings. The minimum atomic E-state index is -4.38. The lowest BCUT2D eigenvalue weighted by atomic mass is 10.1. The summed E-state index contributed by atoms with van der Waals surface area (Å²) in [6, 6.07) is 4.70. The summed E-state index contributed by atoms with van der Waals surface area (Å²) in [6.07, 6.45) is -3.21. The molecule has 0 atom stereocenters. The lowest BCUT2D eigenvalue weighted by molar-refractivity contribution is -0.137. The summed E-state index contributed by atoms with van der Waals surface area (Å²) in [7, 11) is 0. The molecule has 1 amide bonds. The van der Waals surface area contributed by atoms with Crippen molar-refractivity contribution in [1.29, 1.82) is 0 Å². The first-order valence-electron chi connectivity index (χ1n) is 5.31. The van der Waals surface area contributed by atoms with E-state index in [1.165, 1.54) is 18.3 Å². The van der Waals surface area contributed by atoms with Gasteiger partial charge in [0.25, 0.3) is 0 Å². The molecule has 98 valence electrons. The molecule has 1 rings (SSSR count). The number of hydrazone groups is 1. The molecule has 0 aliphatic heterocycles. The van der Waals surface area contributed by atoms with Gasteiger partial charge in [-0.3, -0.25) is 4.79 Å². The number of alkyl halides is 3. The molecule has 0 spiro atoms. The Morgan fingerprint density at radius 2 is 2.06 bits per heavy atom. The van der Waals surface area contributed by atoms with Crippen molar-refractivity contribution in [2.24, 2.45) is 11.0 Å². The molecule has 0 radical (unpaired) electrons. The zero-order valence-electron chi connectivity index (χ0n) is 9.95. The summed E-state index contributed by atoms with van der Waals surface area (Å²) in [5.74, 6) is -0.526. The summed E-state index contributed by atoms with van der Waals surface area (Å²) >= 11 is 0. The highest BCUT2D eigenvalue weighted by Gasteiger charge is 2.30. The van der Waals surface area contributed by atoms with Gasteiger partial charge in [0.05, 0.1) is 11.8 Å². The summed E-state index contributed by atoms with van der Waals surface area (Å²) in [4.78, 5) is 11.2. The van der Waals surface area contributed by atoms with E-state index in [4.69, 9.17) is 0 Å². The van der Waals surface area contributed by atoms with Crippen molar-refractivity contribution in [2.75, 3.05) is 0 Å². The van der Waals surface area contributed by atoms with E-state index < -0.39 is 11.7 Å². The van der Waals surface area contributed by atoms with Crippen LogP contribution in [0.5, 0.6) is 0 Å². The Kier molecular flexibility index (Phi) is 4.47. The first-order chi connectivity index (χ1) is 8.30. The molecule has 0 heterocycles. The van der Waals surface area contributed by atoms with Crippen LogP contribution in [-0.2, 0) is 11.0 Å². The molecule has 1 aromatic rings. The van der Waals surface area contributed by atoms with Crippen LogP contribution in [0, 0.1) is 5.92 Å². The molecule has 18 heavy (non-hydrogen) atoms. The van der Waals surface area contributed by atoms with Crippen molar-refractivity contribution in [1.82, 2.24) is 5.43 Å². The minimum Gasteiger partial charge on any atom is -0.273 e. The molecule has 6 heteroatoms. The molecule has 0 saturated heterocycles. The number of nitrogens with zero attached hydrogens (tertiary/aromatic N) is 1. The van der Waals surface area contributed by atoms with Crippen LogP contribution >= 0.6 is 0 Å². The Balaban J connectivity index is 2.74. The summed E-state index contributed by atoms with van der Waals surface area (Å²) in [6.45, 7) is 3.38. The quantitative estimate of drug-likeness (QED) is 0.657. The fourth-order valence-corrected chi connectivity index (χ4v) is 1.09. The average Bonchev–Trinajstić information content (AvgIpc) is 2.28. The van der Waals surface area contributed by atoms with Crippen LogP contribution < -0.4 is 5.43 Å². The fraction of sp³-hybridized carbons (Fsp3) is 0.333. The van der Waals surface area contributed by atoms with Crippen LogP contribution in [0.3, 0.4) is 0 Å². The number of carbonyl (C=O) groups is 1. The smallest absolute Gasteiger partial charge is 0.273 e. The van der Waals surface area contributed by atoms with Gasteiger partial charge < -0.3 is 0 Å². The third-order valence-electron chi connectivity index (χ3n) is 2.13. The second kappa shape index (κ2) is 5.66. The van der Waals surface area contributed by atoms with E-state index in [-0.39, 0.29) is 17.4 Å². The van der Waals surface area contributed by atoms with Gasteiger partial charge in [0.15, 0.2) is 0 Å². The highest BCUT2D eigenvalue weighted by molar-refractivity contribution is 5.83. The van der Waals surface area contributed by atoms with Gasteiger partial charge in [0, 0.05) is 5.92 Å². The molecule has 3 nitrogen and oxygen atoms in total. The summed E-state index contributed by atoms with van der Waals surface area (Å²) < 4.78 is 37.2. The Labute approximate surface area is 103 Å². The van der Waals surface area contributed by atoms with Crippen LogP contribution in [0.1, 0.15) is 25.0 Å². The minimum absolute atomic E-state index is 0.233. The van der Waals surface area contributed by atoms with E-state index in [0.29, 0.717) is 0 Å². The Bertz CT molecular complexity index is 453. The van der Waals surface area contributed by atoms with Gasteiger partial charge in [-0.05, 0) is 17.7 Å². The van der Waals surface area contributed by atoms with E-state index in [0.717, 1.165) is 12.1 Å². The van der Waals surface area contributed by atoms with Crippen LogP contribution in [0.2, 0.25) is 0 Å². The van der Waals surface area contributed by atoms with Crippen LogP contribution in [-0.4, -0.2) is 12.1 Å². The predicted molar refractivity (Wildman–Crippen MR) is 62.0 cm³/mol. The Hall–Kier alpha value is -1.85. The largest absolute Gasteiger partial charge is 0.416 e. The number of benzene rings is 1. The van der Waals surface area contributed by atoms with Gasteiger partial charge in [0.2, 0.25) is 5.91 Å². The summed E-state index contributed by atoms with van der Waals surface area (Å²) in [5, 5.41) is 3.59. The van der Waals surface area contributed by atoms with Crippen molar-refractivity contribution in [2.45, 2.75) is 20.0 Å². The van der Waals surface area contributed by atoms with Gasteiger partial charge in [-0.15, -0.1) is 0 Å². The molecule has 0 aliphatic rings. The van der Waals surface area contributed by atoms with Gasteiger partial charge in [-0.2, -0.15) is 18.3 Å². The first kappa shape index (κ1) is 14.2. The molecule has 1 N–H and O–H groups in total. The number of halogens is 3. The lowest BCUT2D eigenvalue weighted by Crippen LogP contribution is -2.22. The molecule has 0 saturated carbocycles. The van der Waals surface area contributed by atoms with Crippen molar-refractivity contribution in [3.8, 4) is 0 Å².